The molecular formula is C12H6O. The number of hydrogen-bond acceptors (Lipinski definition) is 1. The lowest BCUT2D eigenvalue weighted by molar-refractivity contribution is 0.667. The van der Waals surface area contributed by atoms with E-state index in [1.165, 1.54) is 0 Å². The van der Waals surface area contributed by atoms with E-state index in [0.29, 0.717) is 0 Å². The zero-order valence-electron chi connectivity index (χ0n) is 6.87. The maximum Gasteiger partial charge on any atom is 0.143 e. The monoisotopic (exact) mass is 166 g/mol. The first-order valence-electron chi connectivity index (χ1n) is 4.15. The predicted molar refractivity (Wildman–Crippen MR) is 51.4 cm³/mol. The van der Waals surface area contributed by atoms with E-state index in [9.17, 15) is 0 Å². The van der Waals surface area contributed by atoms with Crippen LogP contribution >= 0.6 is 0 Å². The molecule has 0 aliphatic heterocycles. The minimum absolute atomic E-state index is 0.806. The Morgan fingerprint density at radius 2 is 1.38 bits per heavy atom. The molecule has 0 spiro atoms. The highest BCUT2D eigenvalue weighted by atomic mass is 16.3. The number of benzene rings is 2. The molecule has 3 aromatic rings. The van der Waals surface area contributed by atoms with Crippen LogP contribution in [-0.4, -0.2) is 0 Å². The van der Waals surface area contributed by atoms with Gasteiger partial charge in [-0.1, -0.05) is 36.4 Å². The quantitative estimate of drug-likeness (QED) is 0.500. The van der Waals surface area contributed by atoms with Crippen LogP contribution in [0.15, 0.2) is 40.8 Å². The van der Waals surface area contributed by atoms with Crippen LogP contribution in [0.4, 0.5) is 0 Å². The van der Waals surface area contributed by atoms with Crippen LogP contribution in [0.2, 0.25) is 0 Å². The number of para-hydroxylation sites is 2. The molecule has 1 heterocycles. The van der Waals surface area contributed by atoms with Crippen molar-refractivity contribution in [1.82, 2.24) is 0 Å². The first-order valence-corrected chi connectivity index (χ1v) is 4.15. The molecule has 0 unspecified atom stereocenters. The van der Waals surface area contributed by atoms with Gasteiger partial charge in [0.25, 0.3) is 0 Å². The lowest BCUT2D eigenvalue weighted by Crippen LogP contribution is -1.63. The van der Waals surface area contributed by atoms with Crippen LogP contribution in [0.3, 0.4) is 0 Å². The normalized spacial score (nSPS) is 11.1. The molecular weight excluding hydrogens is 160 g/mol. The van der Waals surface area contributed by atoms with E-state index in [1.807, 2.05) is 36.4 Å². The number of hydrogen-bond donors (Lipinski definition) is 0. The summed E-state index contributed by atoms with van der Waals surface area (Å²) in [4.78, 5) is 0. The van der Waals surface area contributed by atoms with Gasteiger partial charge in [0, 0.05) is 22.9 Å². The molecule has 1 nitrogen and oxygen atoms in total. The molecule has 2 aromatic carbocycles. The Bertz CT molecular complexity index is 513. The molecule has 0 amide bonds. The van der Waals surface area contributed by atoms with Gasteiger partial charge in [-0.15, -0.1) is 0 Å². The number of rotatable bonds is 0. The average molecular weight is 166 g/mol. The third-order valence-corrected chi connectivity index (χ3v) is 2.13. The third kappa shape index (κ3) is 0.872. The SMILES string of the molecule is [c]1cccc2c1oc1[c]cccc12. The molecule has 1 aromatic heterocycles. The van der Waals surface area contributed by atoms with E-state index in [4.69, 9.17) is 4.42 Å². The lowest BCUT2D eigenvalue weighted by atomic mass is 10.2. The van der Waals surface area contributed by atoms with E-state index in [0.717, 1.165) is 21.9 Å². The Morgan fingerprint density at radius 1 is 0.846 bits per heavy atom. The van der Waals surface area contributed by atoms with Gasteiger partial charge in [0.1, 0.15) is 11.2 Å². The summed E-state index contributed by atoms with van der Waals surface area (Å²) < 4.78 is 5.54. The molecule has 3 rings (SSSR count). The van der Waals surface area contributed by atoms with Crippen LogP contribution < -0.4 is 0 Å². The highest BCUT2D eigenvalue weighted by molar-refractivity contribution is 6.04. The third-order valence-electron chi connectivity index (χ3n) is 2.13. The largest absolute Gasteiger partial charge is 0.455 e. The zero-order valence-corrected chi connectivity index (χ0v) is 6.87. The molecule has 0 fully saturated rings. The Hall–Kier alpha value is -1.76. The summed E-state index contributed by atoms with van der Waals surface area (Å²) in [5, 5.41) is 2.21. The fraction of sp³-hybridized carbons (Fsp3) is 0. The molecule has 0 atom stereocenters. The van der Waals surface area contributed by atoms with Crippen molar-refractivity contribution in [2.24, 2.45) is 0 Å². The summed E-state index contributed by atoms with van der Waals surface area (Å²) in [6, 6.07) is 17.8. The summed E-state index contributed by atoms with van der Waals surface area (Å²) in [7, 11) is 0. The van der Waals surface area contributed by atoms with Crippen molar-refractivity contribution in [2.45, 2.75) is 0 Å². The Morgan fingerprint density at radius 3 is 1.92 bits per heavy atom. The molecule has 13 heavy (non-hydrogen) atoms. The van der Waals surface area contributed by atoms with Crippen molar-refractivity contribution in [3.05, 3.63) is 48.5 Å². The van der Waals surface area contributed by atoms with Gasteiger partial charge >= 0.3 is 0 Å². The average Bonchev–Trinajstić information content (AvgIpc) is 2.56. The highest BCUT2D eigenvalue weighted by Gasteiger charge is 2.03. The van der Waals surface area contributed by atoms with Gasteiger partial charge in [-0.05, 0) is 0 Å². The van der Waals surface area contributed by atoms with Gasteiger partial charge < -0.3 is 4.42 Å². The van der Waals surface area contributed by atoms with E-state index >= 15 is 0 Å². The molecule has 0 bridgehead atoms. The summed E-state index contributed by atoms with van der Waals surface area (Å²) in [5.74, 6) is 0. The molecule has 0 saturated heterocycles. The van der Waals surface area contributed by atoms with Crippen molar-refractivity contribution >= 4 is 21.9 Å². The minimum atomic E-state index is 0.806. The zero-order chi connectivity index (χ0) is 8.67. The molecule has 0 saturated carbocycles. The second kappa shape index (κ2) is 2.36. The van der Waals surface area contributed by atoms with E-state index in [1.54, 1.807) is 0 Å². The van der Waals surface area contributed by atoms with Crippen molar-refractivity contribution < 1.29 is 4.42 Å². The fourth-order valence-electron chi connectivity index (χ4n) is 1.54. The number of fused-ring (bicyclic) bond motifs is 3. The predicted octanol–water partition coefficient (Wildman–Crippen LogP) is 3.19. The van der Waals surface area contributed by atoms with E-state index in [2.05, 4.69) is 12.1 Å². The van der Waals surface area contributed by atoms with E-state index < -0.39 is 0 Å². The smallest absolute Gasteiger partial charge is 0.143 e. The molecule has 60 valence electrons. The summed E-state index contributed by atoms with van der Waals surface area (Å²) >= 11 is 0. The molecule has 2 radical (unpaired) electrons. The second-order valence-corrected chi connectivity index (χ2v) is 2.93. The maximum absolute atomic E-state index is 5.54. The van der Waals surface area contributed by atoms with Crippen LogP contribution in [-0.2, 0) is 0 Å². The van der Waals surface area contributed by atoms with Crippen LogP contribution in [0, 0.1) is 12.1 Å². The van der Waals surface area contributed by atoms with Gasteiger partial charge in [0.05, 0.1) is 0 Å². The van der Waals surface area contributed by atoms with Gasteiger partial charge in [-0.3, -0.25) is 0 Å². The van der Waals surface area contributed by atoms with Crippen molar-refractivity contribution in [1.29, 1.82) is 0 Å². The minimum Gasteiger partial charge on any atom is -0.455 e. The highest BCUT2D eigenvalue weighted by Crippen LogP contribution is 2.26. The molecule has 1 heteroatoms. The number of furan rings is 1. The standard InChI is InChI=1S/C12H6O/c1-3-7-11-9(5-1)10-6-2-4-8-12(10)13-11/h1-6H. The summed E-state index contributed by atoms with van der Waals surface area (Å²) in [6.45, 7) is 0. The van der Waals surface area contributed by atoms with Crippen molar-refractivity contribution in [3.63, 3.8) is 0 Å². The van der Waals surface area contributed by atoms with Gasteiger partial charge in [0.15, 0.2) is 0 Å². The molecule has 0 aliphatic rings. The van der Waals surface area contributed by atoms with Crippen molar-refractivity contribution in [3.8, 4) is 0 Å². The van der Waals surface area contributed by atoms with Gasteiger partial charge in [0.2, 0.25) is 0 Å². The first kappa shape index (κ1) is 6.72. The Balaban J connectivity index is 2.64. The Kier molecular flexibility index (Phi) is 1.22. The summed E-state index contributed by atoms with van der Waals surface area (Å²) in [6.07, 6.45) is 0. The fourth-order valence-corrected chi connectivity index (χ4v) is 1.54. The maximum atomic E-state index is 5.54. The summed E-state index contributed by atoms with van der Waals surface area (Å²) in [5.41, 5.74) is 1.61. The van der Waals surface area contributed by atoms with Gasteiger partial charge in [-0.2, -0.15) is 0 Å². The lowest BCUT2D eigenvalue weighted by Gasteiger charge is -1.84. The molecule has 0 N–H and O–H groups in total. The van der Waals surface area contributed by atoms with Crippen LogP contribution in [0.5, 0.6) is 0 Å². The van der Waals surface area contributed by atoms with Gasteiger partial charge in [-0.25, -0.2) is 0 Å². The van der Waals surface area contributed by atoms with Crippen LogP contribution in [0.1, 0.15) is 0 Å². The van der Waals surface area contributed by atoms with Crippen LogP contribution in [0.25, 0.3) is 21.9 Å². The Labute approximate surface area is 75.6 Å². The first-order chi connectivity index (χ1) is 6.45. The second-order valence-electron chi connectivity index (χ2n) is 2.93. The van der Waals surface area contributed by atoms with E-state index in [-0.39, 0.29) is 0 Å². The molecule has 0 aliphatic carbocycles. The van der Waals surface area contributed by atoms with Crippen molar-refractivity contribution in [2.75, 3.05) is 0 Å². The topological polar surface area (TPSA) is 13.1 Å².